The molecule has 0 aliphatic rings. The molecule has 0 aliphatic carbocycles. The number of ether oxygens (including phenoxy) is 2. The van der Waals surface area contributed by atoms with Crippen molar-refractivity contribution >= 4 is 14.7 Å². The first-order valence-corrected chi connectivity index (χ1v) is 15.4. The summed E-state index contributed by atoms with van der Waals surface area (Å²) < 4.78 is 28.7. The Hall–Kier alpha value is -0.513. The maximum Gasteiger partial charge on any atom is 0.501 e. The zero-order valence-corrected chi connectivity index (χ0v) is 23.1. The lowest BCUT2D eigenvalue weighted by molar-refractivity contribution is -0.121. The molecular weight excluding hydrogens is 438 g/mol. The fraction of sp³-hybridized carbons (Fsp3) is 0.960. The molecule has 7 nitrogen and oxygen atoms in total. The number of carbonyl (C=O) groups excluding carboxylic acids is 1. The van der Waals surface area contributed by atoms with Crippen LogP contribution in [0.4, 0.5) is 0 Å². The largest absolute Gasteiger partial charge is 0.501 e. The predicted molar refractivity (Wildman–Crippen MR) is 137 cm³/mol. The molecule has 0 aromatic heterocycles. The summed E-state index contributed by atoms with van der Waals surface area (Å²) in [5.74, 6) is 0.128. The summed E-state index contributed by atoms with van der Waals surface area (Å²) in [6.07, 6.45) is 12.9. The van der Waals surface area contributed by atoms with Crippen LogP contribution in [-0.4, -0.2) is 67.5 Å². The van der Waals surface area contributed by atoms with E-state index in [1.807, 2.05) is 20.8 Å². The molecule has 198 valence electrons. The average molecular weight is 492 g/mol. The molecule has 0 radical (unpaired) electrons. The maximum atomic E-state index is 11.9. The van der Waals surface area contributed by atoms with Crippen LogP contribution in [0.25, 0.3) is 0 Å². The lowest BCUT2D eigenvalue weighted by Gasteiger charge is -2.28. The van der Waals surface area contributed by atoms with Crippen LogP contribution in [0.3, 0.4) is 0 Å². The van der Waals surface area contributed by atoms with Gasteiger partial charge >= 0.3 is 8.80 Å². The van der Waals surface area contributed by atoms with E-state index in [2.05, 4.69) is 12.2 Å². The third-order valence-corrected chi connectivity index (χ3v) is 8.46. The number of amides is 1. The molecule has 1 N–H and O–H groups in total. The minimum Gasteiger partial charge on any atom is -0.379 e. The molecule has 0 saturated carbocycles. The number of nitrogens with one attached hydrogen (secondary N) is 1. The van der Waals surface area contributed by atoms with E-state index in [4.69, 9.17) is 22.8 Å². The second kappa shape index (κ2) is 24.6. The SMILES string of the molecule is CCCCCCCCCCCC(=O)NCCOCCOCCC[Si](OCC)(OCC)OCC. The van der Waals surface area contributed by atoms with E-state index >= 15 is 0 Å². The Morgan fingerprint density at radius 3 is 1.70 bits per heavy atom. The summed E-state index contributed by atoms with van der Waals surface area (Å²) in [5.41, 5.74) is 0. The zero-order chi connectivity index (χ0) is 24.5. The van der Waals surface area contributed by atoms with Gasteiger partial charge in [0.2, 0.25) is 5.91 Å². The highest BCUT2D eigenvalue weighted by atomic mass is 28.4. The molecular formula is C25H53NO6Si. The van der Waals surface area contributed by atoms with Crippen LogP contribution in [0.15, 0.2) is 0 Å². The minimum absolute atomic E-state index is 0.128. The quantitative estimate of drug-likeness (QED) is 0.127. The number of hydrogen-bond donors (Lipinski definition) is 1. The van der Waals surface area contributed by atoms with Crippen LogP contribution >= 0.6 is 0 Å². The number of carbonyl (C=O) groups is 1. The second-order valence-corrected chi connectivity index (χ2v) is 11.0. The molecule has 8 heteroatoms. The van der Waals surface area contributed by atoms with E-state index < -0.39 is 8.80 Å². The molecule has 0 spiro atoms. The molecule has 0 atom stereocenters. The number of rotatable bonds is 26. The lowest BCUT2D eigenvalue weighted by Crippen LogP contribution is -2.46. The van der Waals surface area contributed by atoms with E-state index in [0.717, 1.165) is 25.3 Å². The van der Waals surface area contributed by atoms with Crippen molar-refractivity contribution in [3.63, 3.8) is 0 Å². The fourth-order valence-electron chi connectivity index (χ4n) is 3.66. The van der Waals surface area contributed by atoms with Gasteiger partial charge in [0.15, 0.2) is 0 Å². The summed E-state index contributed by atoms with van der Waals surface area (Å²) in [6, 6.07) is 0.758. The molecule has 0 saturated heterocycles. The van der Waals surface area contributed by atoms with Gasteiger partial charge < -0.3 is 28.1 Å². The van der Waals surface area contributed by atoms with Gasteiger partial charge in [-0.05, 0) is 33.6 Å². The van der Waals surface area contributed by atoms with Crippen molar-refractivity contribution in [2.24, 2.45) is 0 Å². The molecule has 33 heavy (non-hydrogen) atoms. The van der Waals surface area contributed by atoms with Crippen LogP contribution < -0.4 is 5.32 Å². The highest BCUT2D eigenvalue weighted by Gasteiger charge is 2.39. The van der Waals surface area contributed by atoms with Crippen molar-refractivity contribution in [3.05, 3.63) is 0 Å². The lowest BCUT2D eigenvalue weighted by atomic mass is 10.1. The first kappa shape index (κ1) is 32.5. The van der Waals surface area contributed by atoms with Crippen molar-refractivity contribution in [1.82, 2.24) is 5.32 Å². The standard InChI is InChI=1S/C25H53NO6Si/c1-5-9-10-11-12-13-14-15-16-18-25(27)26-19-21-29-23-22-28-20-17-24-33(30-6-2,31-7-3)32-8-4/h5-24H2,1-4H3,(H,26,27). The van der Waals surface area contributed by atoms with Crippen LogP contribution in [0.5, 0.6) is 0 Å². The summed E-state index contributed by atoms with van der Waals surface area (Å²) in [4.78, 5) is 11.9. The van der Waals surface area contributed by atoms with Crippen molar-refractivity contribution in [2.75, 3.05) is 52.8 Å². The van der Waals surface area contributed by atoms with E-state index in [1.165, 1.54) is 44.9 Å². The Kier molecular flexibility index (Phi) is 24.2. The number of unbranched alkanes of at least 4 members (excludes halogenated alkanes) is 8. The third kappa shape index (κ3) is 20.6. The van der Waals surface area contributed by atoms with Crippen molar-refractivity contribution in [1.29, 1.82) is 0 Å². The van der Waals surface area contributed by atoms with Crippen molar-refractivity contribution in [2.45, 2.75) is 104 Å². The molecule has 0 heterocycles. The second-order valence-electron chi connectivity index (χ2n) is 8.24. The number of hydrogen-bond acceptors (Lipinski definition) is 6. The van der Waals surface area contributed by atoms with E-state index in [1.54, 1.807) is 0 Å². The molecule has 0 bridgehead atoms. The molecule has 0 fully saturated rings. The van der Waals surface area contributed by atoms with Crippen molar-refractivity contribution < 1.29 is 27.5 Å². The van der Waals surface area contributed by atoms with Crippen LogP contribution in [0, 0.1) is 0 Å². The smallest absolute Gasteiger partial charge is 0.379 e. The Bertz CT molecular complexity index is 411. The molecule has 0 unspecified atom stereocenters. The van der Waals surface area contributed by atoms with Gasteiger partial charge in [-0.15, -0.1) is 0 Å². The third-order valence-electron chi connectivity index (χ3n) is 5.31. The van der Waals surface area contributed by atoms with Crippen molar-refractivity contribution in [3.8, 4) is 0 Å². The Morgan fingerprint density at radius 1 is 0.636 bits per heavy atom. The van der Waals surface area contributed by atoms with Gasteiger partial charge in [-0.25, -0.2) is 0 Å². The van der Waals surface area contributed by atoms with Crippen LogP contribution in [0.1, 0.15) is 98.3 Å². The Labute approximate surface area is 205 Å². The normalized spacial score (nSPS) is 11.8. The monoisotopic (exact) mass is 491 g/mol. The Morgan fingerprint density at radius 2 is 1.15 bits per heavy atom. The van der Waals surface area contributed by atoms with Gasteiger partial charge in [0.25, 0.3) is 0 Å². The average Bonchev–Trinajstić information content (AvgIpc) is 2.79. The Balaban J connectivity index is 3.51. The highest BCUT2D eigenvalue weighted by Crippen LogP contribution is 2.18. The van der Waals surface area contributed by atoms with Gasteiger partial charge in [-0.3, -0.25) is 4.79 Å². The molecule has 1 amide bonds. The molecule has 0 rings (SSSR count). The van der Waals surface area contributed by atoms with Crippen LogP contribution in [0.2, 0.25) is 6.04 Å². The van der Waals surface area contributed by atoms with E-state index in [9.17, 15) is 4.79 Å². The summed E-state index contributed by atoms with van der Waals surface area (Å²) >= 11 is 0. The topological polar surface area (TPSA) is 75.3 Å². The first-order chi connectivity index (χ1) is 16.1. The van der Waals surface area contributed by atoms with Gasteiger partial charge in [0.1, 0.15) is 0 Å². The molecule has 0 aromatic carbocycles. The predicted octanol–water partition coefficient (Wildman–Crippen LogP) is 5.50. The maximum absolute atomic E-state index is 11.9. The highest BCUT2D eigenvalue weighted by molar-refractivity contribution is 6.60. The minimum atomic E-state index is -2.57. The summed E-state index contributed by atoms with van der Waals surface area (Å²) in [7, 11) is -2.57. The molecule has 0 aromatic rings. The van der Waals surface area contributed by atoms with E-state index in [0.29, 0.717) is 59.2 Å². The van der Waals surface area contributed by atoms with Gasteiger partial charge in [0, 0.05) is 45.4 Å². The van der Waals surface area contributed by atoms with Gasteiger partial charge in [-0.1, -0.05) is 58.3 Å². The van der Waals surface area contributed by atoms with Crippen LogP contribution in [-0.2, 0) is 27.5 Å². The first-order valence-electron chi connectivity index (χ1n) is 13.5. The summed E-state index contributed by atoms with van der Waals surface area (Å²) in [5, 5.41) is 2.93. The van der Waals surface area contributed by atoms with Gasteiger partial charge in [-0.2, -0.15) is 0 Å². The van der Waals surface area contributed by atoms with Gasteiger partial charge in [0.05, 0.1) is 19.8 Å². The summed E-state index contributed by atoms with van der Waals surface area (Å²) in [6.45, 7) is 12.7. The fourth-order valence-corrected chi connectivity index (χ4v) is 6.24. The van der Waals surface area contributed by atoms with E-state index in [-0.39, 0.29) is 5.91 Å². The zero-order valence-electron chi connectivity index (χ0n) is 22.1. The molecule has 0 aliphatic heterocycles.